The van der Waals surface area contributed by atoms with Crippen LogP contribution in [0.5, 0.6) is 5.75 Å². The zero-order valence-electron chi connectivity index (χ0n) is 10.8. The number of fused-ring (bicyclic) bond motifs is 1. The highest BCUT2D eigenvalue weighted by Gasteiger charge is 2.23. The van der Waals surface area contributed by atoms with E-state index in [4.69, 9.17) is 22.1 Å². The van der Waals surface area contributed by atoms with Crippen LogP contribution in [0.4, 0.5) is 0 Å². The average molecular weight is 278 g/mol. The molecule has 2 heterocycles. The van der Waals surface area contributed by atoms with Crippen molar-refractivity contribution in [1.29, 1.82) is 0 Å². The van der Waals surface area contributed by atoms with E-state index in [0.29, 0.717) is 5.15 Å². The predicted octanol–water partition coefficient (Wildman–Crippen LogP) is 2.49. The Bertz CT molecular complexity index is 591. The summed E-state index contributed by atoms with van der Waals surface area (Å²) in [5.74, 6) is 1.75. The lowest BCUT2D eigenvalue weighted by Crippen LogP contribution is -2.30. The van der Waals surface area contributed by atoms with E-state index in [9.17, 15) is 0 Å². The fourth-order valence-electron chi connectivity index (χ4n) is 2.50. The highest BCUT2D eigenvalue weighted by atomic mass is 35.5. The van der Waals surface area contributed by atoms with Gasteiger partial charge >= 0.3 is 0 Å². The highest BCUT2D eigenvalue weighted by Crippen LogP contribution is 2.30. The minimum atomic E-state index is 0.186. The summed E-state index contributed by atoms with van der Waals surface area (Å²) >= 11 is 6.22. The molecule has 0 saturated carbocycles. The molecule has 1 aromatic heterocycles. The molecule has 0 bridgehead atoms. The smallest absolute Gasteiger partial charge is 0.151 e. The third-order valence-electron chi connectivity index (χ3n) is 3.55. The average Bonchev–Trinajstić information content (AvgIpc) is 2.76. The highest BCUT2D eigenvalue weighted by molar-refractivity contribution is 6.30. The summed E-state index contributed by atoms with van der Waals surface area (Å²) in [5, 5.41) is 0.570. The third-order valence-corrected chi connectivity index (χ3v) is 3.85. The van der Waals surface area contributed by atoms with Crippen LogP contribution in [0.3, 0.4) is 0 Å². The van der Waals surface area contributed by atoms with Gasteiger partial charge in [0.25, 0.3) is 0 Å². The van der Waals surface area contributed by atoms with Crippen LogP contribution in [-0.4, -0.2) is 22.7 Å². The number of aromatic nitrogens is 2. The van der Waals surface area contributed by atoms with Crippen molar-refractivity contribution < 1.29 is 4.74 Å². The summed E-state index contributed by atoms with van der Waals surface area (Å²) in [6.07, 6.45) is 1.75. The Morgan fingerprint density at radius 3 is 2.79 bits per heavy atom. The van der Waals surface area contributed by atoms with Gasteiger partial charge in [0, 0.05) is 24.6 Å². The minimum Gasteiger partial charge on any atom is -0.497 e. The molecule has 3 rings (SSSR count). The van der Waals surface area contributed by atoms with E-state index >= 15 is 0 Å². The number of hydrogen-bond acceptors (Lipinski definition) is 3. The summed E-state index contributed by atoms with van der Waals surface area (Å²) in [4.78, 5) is 4.48. The lowest BCUT2D eigenvalue weighted by atomic mass is 10.1. The predicted molar refractivity (Wildman–Crippen MR) is 75.5 cm³/mol. The maximum absolute atomic E-state index is 6.22. The molecule has 1 aliphatic heterocycles. The van der Waals surface area contributed by atoms with Crippen LogP contribution in [0.25, 0.3) is 11.4 Å². The van der Waals surface area contributed by atoms with Gasteiger partial charge in [0.15, 0.2) is 5.15 Å². The SMILES string of the molecule is COc1ccc(-c2nc(Cl)c3n2CCC(N)C3)cc1. The molecular formula is C14H16ClN3O. The Labute approximate surface area is 117 Å². The fourth-order valence-corrected chi connectivity index (χ4v) is 2.76. The van der Waals surface area contributed by atoms with Gasteiger partial charge in [-0.3, -0.25) is 0 Å². The lowest BCUT2D eigenvalue weighted by Gasteiger charge is -2.22. The number of imidazole rings is 1. The van der Waals surface area contributed by atoms with Crippen molar-refractivity contribution >= 4 is 11.6 Å². The summed E-state index contributed by atoms with van der Waals surface area (Å²) < 4.78 is 7.34. The Morgan fingerprint density at radius 2 is 2.11 bits per heavy atom. The summed E-state index contributed by atoms with van der Waals surface area (Å²) in [5.41, 5.74) is 8.08. The molecule has 0 aliphatic carbocycles. The lowest BCUT2D eigenvalue weighted by molar-refractivity contribution is 0.415. The van der Waals surface area contributed by atoms with Gasteiger partial charge in [-0.1, -0.05) is 11.6 Å². The van der Waals surface area contributed by atoms with E-state index in [1.54, 1.807) is 7.11 Å². The van der Waals surface area contributed by atoms with E-state index in [2.05, 4.69) is 9.55 Å². The summed E-state index contributed by atoms with van der Waals surface area (Å²) in [7, 11) is 1.66. The number of hydrogen-bond donors (Lipinski definition) is 1. The Balaban J connectivity index is 2.03. The second kappa shape index (κ2) is 4.87. The fraction of sp³-hybridized carbons (Fsp3) is 0.357. The molecule has 0 radical (unpaired) electrons. The van der Waals surface area contributed by atoms with Crippen molar-refractivity contribution in [2.45, 2.75) is 25.4 Å². The largest absolute Gasteiger partial charge is 0.497 e. The molecule has 100 valence electrons. The standard InChI is InChI=1S/C14H16ClN3O/c1-19-11-4-2-9(3-5-11)14-17-13(15)12-8-10(16)6-7-18(12)14/h2-5,10H,6-8,16H2,1H3. The monoisotopic (exact) mass is 277 g/mol. The van der Waals surface area contributed by atoms with Gasteiger partial charge in [-0.25, -0.2) is 4.98 Å². The molecule has 1 atom stereocenters. The third kappa shape index (κ3) is 2.22. The molecule has 2 N–H and O–H groups in total. The maximum atomic E-state index is 6.22. The van der Waals surface area contributed by atoms with E-state index in [-0.39, 0.29) is 6.04 Å². The van der Waals surface area contributed by atoms with E-state index in [0.717, 1.165) is 42.2 Å². The molecule has 1 aromatic carbocycles. The topological polar surface area (TPSA) is 53.1 Å². The molecule has 1 aliphatic rings. The Kier molecular flexibility index (Phi) is 3.21. The first-order valence-electron chi connectivity index (χ1n) is 6.34. The molecule has 1 unspecified atom stereocenters. The van der Waals surface area contributed by atoms with Crippen LogP contribution in [0, 0.1) is 0 Å². The first kappa shape index (κ1) is 12.5. The van der Waals surface area contributed by atoms with Crippen molar-refractivity contribution in [3.05, 3.63) is 35.1 Å². The van der Waals surface area contributed by atoms with Gasteiger partial charge in [-0.15, -0.1) is 0 Å². The van der Waals surface area contributed by atoms with Crippen molar-refractivity contribution in [3.63, 3.8) is 0 Å². The number of nitrogens with zero attached hydrogens (tertiary/aromatic N) is 2. The van der Waals surface area contributed by atoms with Crippen LogP contribution in [0.15, 0.2) is 24.3 Å². The maximum Gasteiger partial charge on any atom is 0.151 e. The van der Waals surface area contributed by atoms with Crippen LogP contribution >= 0.6 is 11.6 Å². The van der Waals surface area contributed by atoms with Gasteiger partial charge in [0.1, 0.15) is 11.6 Å². The molecule has 0 fully saturated rings. The van der Waals surface area contributed by atoms with Gasteiger partial charge in [0.2, 0.25) is 0 Å². The van der Waals surface area contributed by atoms with Crippen LogP contribution in [-0.2, 0) is 13.0 Å². The quantitative estimate of drug-likeness (QED) is 0.917. The van der Waals surface area contributed by atoms with Gasteiger partial charge in [-0.2, -0.15) is 0 Å². The first-order valence-corrected chi connectivity index (χ1v) is 6.71. The van der Waals surface area contributed by atoms with E-state index in [1.807, 2.05) is 24.3 Å². The normalized spacial score (nSPS) is 18.2. The molecule has 19 heavy (non-hydrogen) atoms. The van der Waals surface area contributed by atoms with Crippen LogP contribution in [0.1, 0.15) is 12.1 Å². The molecule has 4 nitrogen and oxygen atoms in total. The van der Waals surface area contributed by atoms with Gasteiger partial charge in [-0.05, 0) is 30.7 Å². The second-order valence-corrected chi connectivity index (χ2v) is 5.16. The van der Waals surface area contributed by atoms with Crippen molar-refractivity contribution in [1.82, 2.24) is 9.55 Å². The van der Waals surface area contributed by atoms with Crippen LogP contribution < -0.4 is 10.5 Å². The summed E-state index contributed by atoms with van der Waals surface area (Å²) in [6, 6.07) is 8.04. The van der Waals surface area contributed by atoms with E-state index in [1.165, 1.54) is 0 Å². The Hall–Kier alpha value is -1.52. The number of ether oxygens (including phenoxy) is 1. The van der Waals surface area contributed by atoms with Crippen molar-refractivity contribution in [3.8, 4) is 17.1 Å². The van der Waals surface area contributed by atoms with Crippen molar-refractivity contribution in [2.75, 3.05) is 7.11 Å². The van der Waals surface area contributed by atoms with Crippen LogP contribution in [0.2, 0.25) is 5.15 Å². The molecule has 0 saturated heterocycles. The van der Waals surface area contributed by atoms with Gasteiger partial charge in [0.05, 0.1) is 12.8 Å². The summed E-state index contributed by atoms with van der Waals surface area (Å²) in [6.45, 7) is 0.873. The zero-order valence-corrected chi connectivity index (χ0v) is 11.5. The first-order chi connectivity index (χ1) is 9.19. The number of methoxy groups -OCH3 is 1. The number of nitrogens with two attached hydrogens (primary N) is 1. The van der Waals surface area contributed by atoms with Crippen molar-refractivity contribution in [2.24, 2.45) is 5.73 Å². The Morgan fingerprint density at radius 1 is 1.37 bits per heavy atom. The number of benzene rings is 1. The number of halogens is 1. The minimum absolute atomic E-state index is 0.186. The van der Waals surface area contributed by atoms with E-state index < -0.39 is 0 Å². The number of rotatable bonds is 2. The molecular weight excluding hydrogens is 262 g/mol. The second-order valence-electron chi connectivity index (χ2n) is 4.81. The molecule has 2 aromatic rings. The molecule has 0 spiro atoms. The molecule has 0 amide bonds. The van der Waals surface area contributed by atoms with Gasteiger partial charge < -0.3 is 15.0 Å². The molecule has 5 heteroatoms. The zero-order chi connectivity index (χ0) is 13.4.